The summed E-state index contributed by atoms with van der Waals surface area (Å²) in [6.07, 6.45) is 16.3. The van der Waals surface area contributed by atoms with Crippen LogP contribution in [0, 0.1) is 6.92 Å². The third-order valence-electron chi connectivity index (χ3n) is 5.56. The van der Waals surface area contributed by atoms with Crippen molar-refractivity contribution >= 4 is 0 Å². The summed E-state index contributed by atoms with van der Waals surface area (Å²) in [6, 6.07) is 9.21. The van der Waals surface area contributed by atoms with E-state index in [1.54, 1.807) is 18.8 Å². The molecule has 1 aromatic rings. The Bertz CT molecular complexity index is 742. The fourth-order valence-electron chi connectivity index (χ4n) is 4.20. The van der Waals surface area contributed by atoms with Crippen LogP contribution in [0.3, 0.4) is 0 Å². The van der Waals surface area contributed by atoms with Crippen LogP contribution >= 0.6 is 0 Å². The van der Waals surface area contributed by atoms with E-state index in [9.17, 15) is 0 Å². The lowest BCUT2D eigenvalue weighted by molar-refractivity contribution is 0.131. The molecule has 2 unspecified atom stereocenters. The molecule has 0 spiro atoms. The first-order valence-corrected chi connectivity index (χ1v) is 9.64. The molecule has 3 aliphatic rings. The molecule has 2 atom stereocenters. The number of piperidine rings is 1. The number of allylic oxidation sites excluding steroid dienone is 3. The molecule has 1 fully saturated rings. The predicted octanol–water partition coefficient (Wildman–Crippen LogP) is 5.18. The molecule has 1 aliphatic carbocycles. The summed E-state index contributed by atoms with van der Waals surface area (Å²) >= 11 is 0. The van der Waals surface area contributed by atoms with E-state index in [-0.39, 0.29) is 6.04 Å². The van der Waals surface area contributed by atoms with Gasteiger partial charge in [0.05, 0.1) is 6.04 Å². The maximum atomic E-state index is 5.85. The van der Waals surface area contributed by atoms with Crippen LogP contribution in [0.2, 0.25) is 0 Å². The zero-order valence-corrected chi connectivity index (χ0v) is 15.4. The monoisotopic (exact) mass is 349 g/mol. The third-order valence-corrected chi connectivity index (χ3v) is 5.56. The highest BCUT2D eigenvalue weighted by Crippen LogP contribution is 2.34. The summed E-state index contributed by atoms with van der Waals surface area (Å²) in [4.78, 5) is 2.58. The highest BCUT2D eigenvalue weighted by Gasteiger charge is 2.33. The highest BCUT2D eigenvalue weighted by molar-refractivity contribution is 5.31. The van der Waals surface area contributed by atoms with Crippen LogP contribution in [0.25, 0.3) is 0 Å². The zero-order valence-electron chi connectivity index (χ0n) is 15.4. The molecule has 0 amide bonds. The molecule has 3 heteroatoms. The first-order valence-electron chi connectivity index (χ1n) is 9.64. The number of likely N-dealkylation sites (tertiary alicyclic amines) is 1. The summed E-state index contributed by atoms with van der Waals surface area (Å²) in [6.45, 7) is 4.30. The lowest BCUT2D eigenvalue weighted by Crippen LogP contribution is -2.44. The lowest BCUT2D eigenvalue weighted by Gasteiger charge is -2.40. The number of benzene rings is 1. The van der Waals surface area contributed by atoms with E-state index in [1.165, 1.54) is 29.5 Å². The van der Waals surface area contributed by atoms with Gasteiger partial charge in [0.15, 0.2) is 5.76 Å². The fourth-order valence-corrected chi connectivity index (χ4v) is 4.20. The molecule has 26 heavy (non-hydrogen) atoms. The van der Waals surface area contributed by atoms with Crippen molar-refractivity contribution in [1.82, 2.24) is 4.90 Å². The molecule has 1 aromatic carbocycles. The van der Waals surface area contributed by atoms with Crippen molar-refractivity contribution in [3.05, 3.63) is 83.7 Å². The predicted molar refractivity (Wildman–Crippen MR) is 104 cm³/mol. The second-order valence-corrected chi connectivity index (χ2v) is 7.40. The second kappa shape index (κ2) is 7.96. The lowest BCUT2D eigenvalue weighted by atomic mass is 9.87. The van der Waals surface area contributed by atoms with Crippen molar-refractivity contribution in [1.29, 1.82) is 0 Å². The molecule has 0 N–H and O–H groups in total. The third kappa shape index (κ3) is 3.78. The van der Waals surface area contributed by atoms with Crippen LogP contribution < -0.4 is 0 Å². The van der Waals surface area contributed by atoms with Gasteiger partial charge in [-0.25, -0.2) is 0 Å². The number of nitrogens with zero attached hydrogens (tertiary/aromatic N) is 1. The standard InChI is InChI=1S/C23H27NO2/c1-18-9-11-19(12-10-18)21-8-5-13-24(16-21)23(20-6-3-2-4-7-20)22-17-25-14-15-26-22/h2-3,6,9-12,14-15,17,21,23H,4-5,7-8,13,16H2,1H3. The van der Waals surface area contributed by atoms with Gasteiger partial charge in [-0.15, -0.1) is 0 Å². The normalized spacial score (nSPS) is 24.3. The molecule has 3 nitrogen and oxygen atoms in total. The molecule has 4 rings (SSSR count). The molecule has 1 saturated heterocycles. The molecule has 136 valence electrons. The Morgan fingerprint density at radius 2 is 2.04 bits per heavy atom. The van der Waals surface area contributed by atoms with E-state index in [0.717, 1.165) is 31.7 Å². The quantitative estimate of drug-likeness (QED) is 0.748. The van der Waals surface area contributed by atoms with Crippen molar-refractivity contribution in [3.63, 3.8) is 0 Å². The Balaban J connectivity index is 1.58. The Morgan fingerprint density at radius 3 is 2.77 bits per heavy atom. The van der Waals surface area contributed by atoms with E-state index < -0.39 is 0 Å². The highest BCUT2D eigenvalue weighted by atomic mass is 16.5. The van der Waals surface area contributed by atoms with Crippen molar-refractivity contribution in [2.75, 3.05) is 13.1 Å². The van der Waals surface area contributed by atoms with Gasteiger partial charge in [0.2, 0.25) is 0 Å². The van der Waals surface area contributed by atoms with Gasteiger partial charge in [-0.3, -0.25) is 4.90 Å². The Kier molecular flexibility index (Phi) is 5.26. The van der Waals surface area contributed by atoms with E-state index >= 15 is 0 Å². The largest absolute Gasteiger partial charge is 0.466 e. The number of aryl methyl sites for hydroxylation is 1. The van der Waals surface area contributed by atoms with Gasteiger partial charge in [-0.05, 0) is 56.2 Å². The summed E-state index contributed by atoms with van der Waals surface area (Å²) < 4.78 is 11.3. The molecule has 0 aromatic heterocycles. The maximum Gasteiger partial charge on any atom is 0.160 e. The minimum atomic E-state index is 0.165. The average Bonchev–Trinajstić information content (AvgIpc) is 2.71. The van der Waals surface area contributed by atoms with Crippen LogP contribution in [0.1, 0.15) is 42.7 Å². The Hall–Kier alpha value is -2.26. The summed E-state index contributed by atoms with van der Waals surface area (Å²) in [5.41, 5.74) is 4.19. The fraction of sp³-hybridized carbons (Fsp3) is 0.391. The Labute approximate surface area is 156 Å². The van der Waals surface area contributed by atoms with Crippen LogP contribution in [-0.4, -0.2) is 24.0 Å². The maximum absolute atomic E-state index is 5.85. The van der Waals surface area contributed by atoms with Crippen molar-refractivity contribution in [2.45, 2.75) is 44.6 Å². The Morgan fingerprint density at radius 1 is 1.15 bits per heavy atom. The van der Waals surface area contributed by atoms with Crippen LogP contribution in [0.5, 0.6) is 0 Å². The summed E-state index contributed by atoms with van der Waals surface area (Å²) in [7, 11) is 0. The molecule has 2 aliphatic heterocycles. The minimum absolute atomic E-state index is 0.165. The van der Waals surface area contributed by atoms with Gasteiger partial charge in [0.25, 0.3) is 0 Å². The van der Waals surface area contributed by atoms with Gasteiger partial charge >= 0.3 is 0 Å². The van der Waals surface area contributed by atoms with Crippen molar-refractivity contribution < 1.29 is 9.47 Å². The number of rotatable bonds is 4. The average molecular weight is 349 g/mol. The van der Waals surface area contributed by atoms with Crippen molar-refractivity contribution in [2.24, 2.45) is 0 Å². The van der Waals surface area contributed by atoms with Gasteiger partial charge in [0, 0.05) is 6.54 Å². The van der Waals surface area contributed by atoms with E-state index in [1.807, 2.05) is 0 Å². The molecule has 0 radical (unpaired) electrons. The molecule has 0 saturated carbocycles. The van der Waals surface area contributed by atoms with Gasteiger partial charge in [-0.2, -0.15) is 0 Å². The number of ether oxygens (including phenoxy) is 2. The summed E-state index contributed by atoms with van der Waals surface area (Å²) in [5.74, 6) is 1.48. The SMILES string of the molecule is Cc1ccc(C2CCCN(C(C3=CC=CCC3)C3=COC=CO3)C2)cc1. The molecular weight excluding hydrogens is 322 g/mol. The van der Waals surface area contributed by atoms with E-state index in [4.69, 9.17) is 9.47 Å². The molecular formula is C23H27NO2. The molecule has 0 bridgehead atoms. The first kappa shape index (κ1) is 17.2. The zero-order chi connectivity index (χ0) is 17.8. The topological polar surface area (TPSA) is 21.7 Å². The minimum Gasteiger partial charge on any atom is -0.466 e. The number of hydrogen-bond donors (Lipinski definition) is 0. The molecule has 2 heterocycles. The first-order chi connectivity index (χ1) is 12.8. The van der Waals surface area contributed by atoms with E-state index in [2.05, 4.69) is 54.3 Å². The van der Waals surface area contributed by atoms with Gasteiger partial charge in [0.1, 0.15) is 18.8 Å². The second-order valence-electron chi connectivity index (χ2n) is 7.40. The van der Waals surface area contributed by atoms with Crippen LogP contribution in [0.4, 0.5) is 0 Å². The van der Waals surface area contributed by atoms with Gasteiger partial charge < -0.3 is 9.47 Å². The number of hydrogen-bond acceptors (Lipinski definition) is 3. The van der Waals surface area contributed by atoms with Crippen molar-refractivity contribution in [3.8, 4) is 0 Å². The smallest absolute Gasteiger partial charge is 0.160 e. The van der Waals surface area contributed by atoms with E-state index in [0.29, 0.717) is 5.92 Å². The van der Waals surface area contributed by atoms with Crippen LogP contribution in [-0.2, 0) is 9.47 Å². The van der Waals surface area contributed by atoms with Gasteiger partial charge in [-0.1, -0.05) is 48.1 Å². The summed E-state index contributed by atoms with van der Waals surface area (Å²) in [5, 5.41) is 0. The van der Waals surface area contributed by atoms with Crippen LogP contribution in [0.15, 0.2) is 72.6 Å².